The number of carbonyl (C=O) groups is 1. The highest BCUT2D eigenvalue weighted by molar-refractivity contribution is 5.76. The maximum atomic E-state index is 11.9. The molecule has 0 aliphatic heterocycles. The summed E-state index contributed by atoms with van der Waals surface area (Å²) >= 11 is 0. The molecule has 4 nitrogen and oxygen atoms in total. The van der Waals surface area contributed by atoms with Crippen molar-refractivity contribution in [2.75, 3.05) is 20.8 Å². The van der Waals surface area contributed by atoms with Crippen LogP contribution in [-0.4, -0.2) is 26.8 Å². The van der Waals surface area contributed by atoms with Crippen molar-refractivity contribution in [3.63, 3.8) is 0 Å². The molecule has 1 aromatic rings. The molecule has 0 aliphatic rings. The van der Waals surface area contributed by atoms with E-state index in [-0.39, 0.29) is 5.97 Å². The van der Waals surface area contributed by atoms with Crippen LogP contribution in [0.3, 0.4) is 0 Å². The summed E-state index contributed by atoms with van der Waals surface area (Å²) in [5.74, 6) is 1.25. The monoisotopic (exact) mass is 266 g/mol. The number of methoxy groups -OCH3 is 2. The topological polar surface area (TPSA) is 44.8 Å². The Balaban J connectivity index is 2.95. The molecule has 0 N–H and O–H groups in total. The van der Waals surface area contributed by atoms with Gasteiger partial charge in [-0.15, -0.1) is 0 Å². The van der Waals surface area contributed by atoms with Crippen LogP contribution in [0.25, 0.3) is 0 Å². The van der Waals surface area contributed by atoms with Crippen LogP contribution in [0, 0.1) is 5.41 Å². The van der Waals surface area contributed by atoms with E-state index in [0.29, 0.717) is 13.0 Å². The zero-order valence-corrected chi connectivity index (χ0v) is 12.3. The van der Waals surface area contributed by atoms with Crippen LogP contribution >= 0.6 is 0 Å². The maximum Gasteiger partial charge on any atom is 0.311 e. The third-order valence-corrected chi connectivity index (χ3v) is 2.95. The summed E-state index contributed by atoms with van der Waals surface area (Å²) in [6, 6.07) is 5.59. The molecule has 0 aliphatic carbocycles. The standard InChI is InChI=1S/C15H22O4/c1-6-19-14(16)15(2,3)10-11-7-8-12(17-4)9-13(11)18-5/h7-9H,6,10H2,1-5H3. The first-order chi connectivity index (χ1) is 8.94. The highest BCUT2D eigenvalue weighted by atomic mass is 16.5. The predicted molar refractivity (Wildman–Crippen MR) is 73.7 cm³/mol. The first kappa shape index (κ1) is 15.3. The van der Waals surface area contributed by atoms with E-state index in [9.17, 15) is 4.79 Å². The van der Waals surface area contributed by atoms with E-state index in [1.54, 1.807) is 14.2 Å². The Morgan fingerprint density at radius 1 is 1.21 bits per heavy atom. The molecule has 0 radical (unpaired) electrons. The van der Waals surface area contributed by atoms with Crippen LogP contribution < -0.4 is 9.47 Å². The molecule has 1 aromatic carbocycles. The predicted octanol–water partition coefficient (Wildman–Crippen LogP) is 2.84. The van der Waals surface area contributed by atoms with Gasteiger partial charge in [0.25, 0.3) is 0 Å². The normalized spacial score (nSPS) is 11.0. The van der Waals surface area contributed by atoms with Gasteiger partial charge in [0.2, 0.25) is 0 Å². The molecular formula is C15H22O4. The van der Waals surface area contributed by atoms with E-state index < -0.39 is 5.41 Å². The number of benzene rings is 1. The van der Waals surface area contributed by atoms with Gasteiger partial charge < -0.3 is 14.2 Å². The van der Waals surface area contributed by atoms with Crippen molar-refractivity contribution in [2.24, 2.45) is 5.41 Å². The zero-order valence-electron chi connectivity index (χ0n) is 12.3. The molecule has 0 saturated heterocycles. The third kappa shape index (κ3) is 3.88. The number of carbonyl (C=O) groups excluding carboxylic acids is 1. The molecule has 0 amide bonds. The minimum absolute atomic E-state index is 0.201. The molecule has 0 atom stereocenters. The van der Waals surface area contributed by atoms with Gasteiger partial charge in [-0.05, 0) is 38.8 Å². The fourth-order valence-electron chi connectivity index (χ4n) is 1.87. The molecular weight excluding hydrogens is 244 g/mol. The fraction of sp³-hybridized carbons (Fsp3) is 0.533. The highest BCUT2D eigenvalue weighted by Crippen LogP contribution is 2.31. The van der Waals surface area contributed by atoms with Crippen LogP contribution in [0.4, 0.5) is 0 Å². The van der Waals surface area contributed by atoms with E-state index in [2.05, 4.69) is 0 Å². The van der Waals surface area contributed by atoms with Crippen molar-refractivity contribution in [3.8, 4) is 11.5 Å². The van der Waals surface area contributed by atoms with Gasteiger partial charge >= 0.3 is 5.97 Å². The summed E-state index contributed by atoms with van der Waals surface area (Å²) in [5.41, 5.74) is 0.374. The second-order valence-electron chi connectivity index (χ2n) is 4.96. The molecule has 4 heteroatoms. The Hall–Kier alpha value is -1.71. The number of ether oxygens (including phenoxy) is 3. The van der Waals surface area contributed by atoms with Gasteiger partial charge in [-0.25, -0.2) is 0 Å². The summed E-state index contributed by atoms with van der Waals surface area (Å²) in [7, 11) is 3.21. The van der Waals surface area contributed by atoms with Crippen molar-refractivity contribution in [3.05, 3.63) is 23.8 Å². The Labute approximate surface area is 114 Å². The number of hydrogen-bond acceptors (Lipinski definition) is 4. The van der Waals surface area contributed by atoms with E-state index in [1.807, 2.05) is 39.0 Å². The lowest BCUT2D eigenvalue weighted by Crippen LogP contribution is -2.29. The molecule has 19 heavy (non-hydrogen) atoms. The molecule has 106 valence electrons. The van der Waals surface area contributed by atoms with Gasteiger partial charge in [0.1, 0.15) is 11.5 Å². The molecule has 1 rings (SSSR count). The average molecular weight is 266 g/mol. The number of hydrogen-bond donors (Lipinski definition) is 0. The molecule has 0 saturated carbocycles. The van der Waals surface area contributed by atoms with Gasteiger partial charge in [-0.1, -0.05) is 6.07 Å². The molecule has 0 unspecified atom stereocenters. The minimum atomic E-state index is -0.585. The molecule has 0 fully saturated rings. The van der Waals surface area contributed by atoms with Gasteiger partial charge in [0.05, 0.1) is 26.2 Å². The maximum absolute atomic E-state index is 11.9. The fourth-order valence-corrected chi connectivity index (χ4v) is 1.87. The van der Waals surface area contributed by atoms with Crippen LogP contribution in [-0.2, 0) is 16.0 Å². The van der Waals surface area contributed by atoms with Gasteiger partial charge in [0, 0.05) is 6.07 Å². The lowest BCUT2D eigenvalue weighted by atomic mass is 9.85. The number of esters is 1. The average Bonchev–Trinajstić information content (AvgIpc) is 2.39. The Morgan fingerprint density at radius 3 is 2.42 bits per heavy atom. The van der Waals surface area contributed by atoms with E-state index in [0.717, 1.165) is 17.1 Å². The van der Waals surface area contributed by atoms with Crippen molar-refractivity contribution >= 4 is 5.97 Å². The Bertz CT molecular complexity index is 438. The smallest absolute Gasteiger partial charge is 0.311 e. The largest absolute Gasteiger partial charge is 0.497 e. The summed E-state index contributed by atoms with van der Waals surface area (Å²) < 4.78 is 15.6. The molecule has 0 bridgehead atoms. The van der Waals surface area contributed by atoms with Crippen molar-refractivity contribution in [2.45, 2.75) is 27.2 Å². The SMILES string of the molecule is CCOC(=O)C(C)(C)Cc1ccc(OC)cc1OC. The van der Waals surface area contributed by atoms with Gasteiger partial charge in [-0.3, -0.25) is 4.79 Å². The molecule has 0 aromatic heterocycles. The van der Waals surface area contributed by atoms with Crippen molar-refractivity contribution < 1.29 is 19.0 Å². The minimum Gasteiger partial charge on any atom is -0.497 e. The summed E-state index contributed by atoms with van der Waals surface area (Å²) in [6.45, 7) is 5.94. The summed E-state index contributed by atoms with van der Waals surface area (Å²) in [6.07, 6.45) is 0.555. The first-order valence-corrected chi connectivity index (χ1v) is 6.32. The lowest BCUT2D eigenvalue weighted by Gasteiger charge is -2.23. The van der Waals surface area contributed by atoms with Crippen LogP contribution in [0.5, 0.6) is 11.5 Å². The van der Waals surface area contributed by atoms with Gasteiger partial charge in [0.15, 0.2) is 0 Å². The third-order valence-electron chi connectivity index (χ3n) is 2.95. The van der Waals surface area contributed by atoms with Crippen LogP contribution in [0.15, 0.2) is 18.2 Å². The highest BCUT2D eigenvalue weighted by Gasteiger charge is 2.30. The second-order valence-corrected chi connectivity index (χ2v) is 4.96. The zero-order chi connectivity index (χ0) is 14.5. The Morgan fingerprint density at radius 2 is 1.89 bits per heavy atom. The van der Waals surface area contributed by atoms with Crippen LogP contribution in [0.1, 0.15) is 26.3 Å². The molecule has 0 spiro atoms. The summed E-state index contributed by atoms with van der Waals surface area (Å²) in [4.78, 5) is 11.9. The lowest BCUT2D eigenvalue weighted by molar-refractivity contribution is -0.153. The van der Waals surface area contributed by atoms with E-state index in [1.165, 1.54) is 0 Å². The molecule has 0 heterocycles. The van der Waals surface area contributed by atoms with Gasteiger partial charge in [-0.2, -0.15) is 0 Å². The van der Waals surface area contributed by atoms with Crippen molar-refractivity contribution in [1.82, 2.24) is 0 Å². The van der Waals surface area contributed by atoms with E-state index in [4.69, 9.17) is 14.2 Å². The first-order valence-electron chi connectivity index (χ1n) is 6.32. The van der Waals surface area contributed by atoms with Crippen LogP contribution in [0.2, 0.25) is 0 Å². The Kier molecular flexibility index (Phi) is 5.21. The summed E-state index contributed by atoms with van der Waals surface area (Å²) in [5, 5.41) is 0. The second kappa shape index (κ2) is 6.45. The number of rotatable bonds is 6. The van der Waals surface area contributed by atoms with Crippen molar-refractivity contribution in [1.29, 1.82) is 0 Å². The quantitative estimate of drug-likeness (QED) is 0.743. The van der Waals surface area contributed by atoms with E-state index >= 15 is 0 Å².